The van der Waals surface area contributed by atoms with Gasteiger partial charge in [0.1, 0.15) is 0 Å². The summed E-state index contributed by atoms with van der Waals surface area (Å²) in [7, 11) is 0. The zero-order valence-electron chi connectivity index (χ0n) is 11.4. The first kappa shape index (κ1) is 14.4. The maximum Gasteiger partial charge on any atom is 0.168 e. The predicted octanol–water partition coefficient (Wildman–Crippen LogP) is 3.12. The Bertz CT molecular complexity index is 456. The summed E-state index contributed by atoms with van der Waals surface area (Å²) in [5, 5.41) is 3.23. The van der Waals surface area contributed by atoms with Gasteiger partial charge in [0.25, 0.3) is 0 Å². The molecule has 2 heterocycles. The molecule has 19 heavy (non-hydrogen) atoms. The summed E-state index contributed by atoms with van der Waals surface area (Å²) >= 11 is 1.87. The van der Waals surface area contributed by atoms with E-state index in [1.807, 2.05) is 30.5 Å². The number of pyridine rings is 1. The number of aromatic nitrogens is 1. The maximum absolute atomic E-state index is 14.0. The van der Waals surface area contributed by atoms with E-state index in [1.165, 1.54) is 0 Å². The molecule has 0 amide bonds. The molecule has 1 N–H and O–H groups in total. The molecule has 3 nitrogen and oxygen atoms in total. The van der Waals surface area contributed by atoms with E-state index in [4.69, 9.17) is 0 Å². The molecule has 1 saturated heterocycles. The van der Waals surface area contributed by atoms with Gasteiger partial charge in [-0.3, -0.25) is 0 Å². The Morgan fingerprint density at radius 3 is 2.84 bits per heavy atom. The van der Waals surface area contributed by atoms with Crippen molar-refractivity contribution in [3.8, 4) is 0 Å². The van der Waals surface area contributed by atoms with E-state index >= 15 is 0 Å². The van der Waals surface area contributed by atoms with Crippen LogP contribution < -0.4 is 10.2 Å². The first-order valence-corrected chi connectivity index (χ1v) is 7.57. The van der Waals surface area contributed by atoms with Gasteiger partial charge in [0, 0.05) is 36.2 Å². The van der Waals surface area contributed by atoms with Crippen molar-refractivity contribution in [1.29, 1.82) is 0 Å². The molecule has 0 saturated carbocycles. The molecule has 0 aromatic carbocycles. The number of rotatable bonds is 3. The van der Waals surface area contributed by atoms with Crippen molar-refractivity contribution in [2.75, 3.05) is 29.1 Å². The van der Waals surface area contributed by atoms with Crippen molar-refractivity contribution in [2.45, 2.75) is 32.1 Å². The van der Waals surface area contributed by atoms with E-state index in [9.17, 15) is 8.78 Å². The van der Waals surface area contributed by atoms with Gasteiger partial charge in [-0.05, 0) is 13.8 Å². The van der Waals surface area contributed by atoms with Crippen LogP contribution in [0.1, 0.15) is 20.8 Å². The predicted molar refractivity (Wildman–Crippen MR) is 77.0 cm³/mol. The van der Waals surface area contributed by atoms with Gasteiger partial charge in [-0.1, -0.05) is 6.92 Å². The summed E-state index contributed by atoms with van der Waals surface area (Å²) in [5.74, 6) is 0.0647. The number of nitrogens with one attached hydrogen (secondary N) is 1. The molecule has 2 rings (SSSR count). The van der Waals surface area contributed by atoms with Gasteiger partial charge in [-0.15, -0.1) is 0 Å². The van der Waals surface area contributed by atoms with Crippen molar-refractivity contribution >= 4 is 23.4 Å². The van der Waals surface area contributed by atoms with E-state index in [0.29, 0.717) is 11.8 Å². The van der Waals surface area contributed by atoms with Crippen LogP contribution in [0.2, 0.25) is 0 Å². The van der Waals surface area contributed by atoms with Crippen LogP contribution in [0.4, 0.5) is 20.4 Å². The van der Waals surface area contributed by atoms with Crippen molar-refractivity contribution in [1.82, 2.24) is 4.98 Å². The quantitative estimate of drug-likeness (QED) is 0.924. The Morgan fingerprint density at radius 1 is 1.42 bits per heavy atom. The highest BCUT2D eigenvalue weighted by molar-refractivity contribution is 8.00. The van der Waals surface area contributed by atoms with Crippen LogP contribution in [-0.2, 0) is 0 Å². The molecular formula is C13H19F2N3S. The van der Waals surface area contributed by atoms with Crippen LogP contribution in [-0.4, -0.2) is 35.1 Å². The number of nitrogens with zero attached hydrogens (tertiary/aromatic N) is 2. The number of hydrogen-bond donors (Lipinski definition) is 1. The molecular weight excluding hydrogens is 268 g/mol. The third-order valence-electron chi connectivity index (χ3n) is 3.41. The first-order valence-electron chi connectivity index (χ1n) is 6.52. The average Bonchev–Trinajstić information content (AvgIpc) is 2.37. The van der Waals surface area contributed by atoms with Crippen LogP contribution >= 0.6 is 11.8 Å². The fraction of sp³-hybridized carbons (Fsp3) is 0.615. The molecule has 1 fully saturated rings. The van der Waals surface area contributed by atoms with Gasteiger partial charge in [0.15, 0.2) is 23.3 Å². The molecule has 106 valence electrons. The van der Waals surface area contributed by atoms with Crippen molar-refractivity contribution in [3.05, 3.63) is 17.7 Å². The summed E-state index contributed by atoms with van der Waals surface area (Å²) in [6.07, 6.45) is 0. The lowest BCUT2D eigenvalue weighted by Gasteiger charge is -2.38. The molecule has 2 atom stereocenters. The molecule has 1 aliphatic heterocycles. The lowest BCUT2D eigenvalue weighted by atomic mass is 10.2. The van der Waals surface area contributed by atoms with Crippen LogP contribution in [0, 0.1) is 11.6 Å². The summed E-state index contributed by atoms with van der Waals surface area (Å²) in [4.78, 5) is 6.05. The number of anilines is 2. The molecule has 1 aromatic rings. The maximum atomic E-state index is 14.0. The van der Waals surface area contributed by atoms with E-state index in [0.717, 1.165) is 18.4 Å². The fourth-order valence-corrected chi connectivity index (χ4v) is 3.28. The minimum atomic E-state index is -0.643. The topological polar surface area (TPSA) is 28.2 Å². The third-order valence-corrected chi connectivity index (χ3v) is 4.75. The van der Waals surface area contributed by atoms with Crippen molar-refractivity contribution in [3.63, 3.8) is 0 Å². The molecule has 0 radical (unpaired) electrons. The number of halogens is 2. The molecule has 1 aromatic heterocycles. The summed E-state index contributed by atoms with van der Waals surface area (Å²) in [6, 6.07) is 1.10. The standard InChI is InChI=1S/C13H19F2N3S/c1-4-16-12-10(14)7-11(15)13(17-12)18-5-6-19-9(3)8(18)2/h7-9H,4-6H2,1-3H3,(H,16,17). The second-order valence-electron chi connectivity index (χ2n) is 4.66. The third kappa shape index (κ3) is 2.94. The SMILES string of the molecule is CCNc1nc(N2CCSC(C)C2C)c(F)cc1F. The van der Waals surface area contributed by atoms with E-state index in [1.54, 1.807) is 0 Å². The highest BCUT2D eigenvalue weighted by atomic mass is 32.2. The van der Waals surface area contributed by atoms with E-state index < -0.39 is 11.6 Å². The first-order chi connectivity index (χ1) is 9.04. The Hall–Kier alpha value is -1.04. The molecule has 2 unspecified atom stereocenters. The Labute approximate surface area is 116 Å². The highest BCUT2D eigenvalue weighted by Crippen LogP contribution is 2.31. The Balaban J connectivity index is 2.35. The van der Waals surface area contributed by atoms with Gasteiger partial charge in [-0.25, -0.2) is 13.8 Å². The summed E-state index contributed by atoms with van der Waals surface area (Å²) in [6.45, 7) is 7.31. The largest absolute Gasteiger partial charge is 0.368 e. The number of thioether (sulfide) groups is 1. The lowest BCUT2D eigenvalue weighted by Crippen LogP contribution is -2.45. The Morgan fingerprint density at radius 2 is 2.16 bits per heavy atom. The van der Waals surface area contributed by atoms with Gasteiger partial charge >= 0.3 is 0 Å². The zero-order valence-corrected chi connectivity index (χ0v) is 12.2. The van der Waals surface area contributed by atoms with Crippen molar-refractivity contribution < 1.29 is 8.78 Å². The summed E-state index contributed by atoms with van der Waals surface area (Å²) in [5.41, 5.74) is 0. The monoisotopic (exact) mass is 287 g/mol. The normalized spacial score (nSPS) is 23.5. The molecule has 0 spiro atoms. The van der Waals surface area contributed by atoms with Crippen LogP contribution in [0.25, 0.3) is 0 Å². The summed E-state index contributed by atoms with van der Waals surface area (Å²) < 4.78 is 27.5. The van der Waals surface area contributed by atoms with Gasteiger partial charge in [0.05, 0.1) is 0 Å². The second kappa shape index (κ2) is 5.94. The van der Waals surface area contributed by atoms with Gasteiger partial charge in [-0.2, -0.15) is 11.8 Å². The Kier molecular flexibility index (Phi) is 4.50. The minimum absolute atomic E-state index is 0.122. The van der Waals surface area contributed by atoms with Crippen LogP contribution in [0.3, 0.4) is 0 Å². The molecule has 0 bridgehead atoms. The van der Waals surface area contributed by atoms with Crippen molar-refractivity contribution in [2.24, 2.45) is 0 Å². The molecule has 1 aliphatic rings. The number of hydrogen-bond acceptors (Lipinski definition) is 4. The second-order valence-corrected chi connectivity index (χ2v) is 6.15. The minimum Gasteiger partial charge on any atom is -0.368 e. The van der Waals surface area contributed by atoms with Crippen LogP contribution in [0.5, 0.6) is 0 Å². The fourth-order valence-electron chi connectivity index (χ4n) is 2.18. The molecule has 0 aliphatic carbocycles. The van der Waals surface area contributed by atoms with Gasteiger partial charge < -0.3 is 10.2 Å². The smallest absolute Gasteiger partial charge is 0.168 e. The van der Waals surface area contributed by atoms with Crippen LogP contribution in [0.15, 0.2) is 6.07 Å². The van der Waals surface area contributed by atoms with E-state index in [-0.39, 0.29) is 17.7 Å². The van der Waals surface area contributed by atoms with E-state index in [2.05, 4.69) is 17.2 Å². The zero-order chi connectivity index (χ0) is 14.0. The average molecular weight is 287 g/mol. The lowest BCUT2D eigenvalue weighted by molar-refractivity contribution is 0.551. The highest BCUT2D eigenvalue weighted by Gasteiger charge is 2.28. The van der Waals surface area contributed by atoms with Gasteiger partial charge in [0.2, 0.25) is 0 Å². The molecule has 6 heteroatoms.